The number of nitrogens with one attached hydrogen (secondary N) is 1. The molecule has 0 radical (unpaired) electrons. The van der Waals surface area contributed by atoms with Crippen LogP contribution < -0.4 is 5.32 Å². The van der Waals surface area contributed by atoms with Crippen molar-refractivity contribution in [3.63, 3.8) is 0 Å². The first-order valence-electron chi connectivity index (χ1n) is 9.35. The minimum absolute atomic E-state index is 0.448. The Labute approximate surface area is 155 Å². The molecule has 2 saturated heterocycles. The Bertz CT molecular complexity index is 693. The highest BCUT2D eigenvalue weighted by Crippen LogP contribution is 2.20. The average molecular weight is 353 g/mol. The summed E-state index contributed by atoms with van der Waals surface area (Å²) in [5, 5.41) is 3.28. The minimum Gasteiger partial charge on any atom is -0.379 e. The summed E-state index contributed by atoms with van der Waals surface area (Å²) in [4.78, 5) is 14.0. The van der Waals surface area contributed by atoms with E-state index in [0.29, 0.717) is 17.9 Å². The van der Waals surface area contributed by atoms with Crippen LogP contribution in [-0.4, -0.2) is 65.7 Å². The van der Waals surface area contributed by atoms with Crippen molar-refractivity contribution < 1.29 is 4.74 Å². The standard InChI is InChI=1S/C20H27N5O/c1-24-10-18-12-25(19(13-24)15-26-14-18)11-17-8-22-20(23-9-17)21-7-16-5-3-2-4-6-16/h2-6,8-9,18-19H,7,10-15H2,1H3,(H,21,22,23)/t18-,19-/m0/s1. The second-order valence-electron chi connectivity index (χ2n) is 7.46. The molecule has 4 rings (SSSR count). The number of benzene rings is 1. The molecule has 2 fully saturated rings. The monoisotopic (exact) mass is 353 g/mol. The van der Waals surface area contributed by atoms with Gasteiger partial charge >= 0.3 is 0 Å². The molecular weight excluding hydrogens is 326 g/mol. The van der Waals surface area contributed by atoms with E-state index in [0.717, 1.165) is 51.5 Å². The lowest BCUT2D eigenvalue weighted by molar-refractivity contribution is 0.0561. The summed E-state index contributed by atoms with van der Waals surface area (Å²) in [5.74, 6) is 1.26. The number of fused-ring (bicyclic) bond motifs is 3. The predicted molar refractivity (Wildman–Crippen MR) is 102 cm³/mol. The van der Waals surface area contributed by atoms with E-state index in [4.69, 9.17) is 4.74 Å². The van der Waals surface area contributed by atoms with Gasteiger partial charge in [-0.3, -0.25) is 4.90 Å². The van der Waals surface area contributed by atoms with E-state index in [9.17, 15) is 0 Å². The quantitative estimate of drug-likeness (QED) is 0.885. The van der Waals surface area contributed by atoms with Crippen LogP contribution >= 0.6 is 0 Å². The maximum atomic E-state index is 5.86. The highest BCUT2D eigenvalue weighted by molar-refractivity contribution is 5.28. The van der Waals surface area contributed by atoms with Crippen LogP contribution in [-0.2, 0) is 17.8 Å². The minimum atomic E-state index is 0.448. The third-order valence-corrected chi connectivity index (χ3v) is 5.15. The number of anilines is 1. The molecule has 0 unspecified atom stereocenters. The molecule has 1 aromatic heterocycles. The first-order chi connectivity index (χ1) is 12.8. The van der Waals surface area contributed by atoms with Crippen molar-refractivity contribution in [1.29, 1.82) is 0 Å². The van der Waals surface area contributed by atoms with Crippen LogP contribution in [0.25, 0.3) is 0 Å². The lowest BCUT2D eigenvalue weighted by atomic mass is 10.1. The van der Waals surface area contributed by atoms with Gasteiger partial charge in [0.2, 0.25) is 5.95 Å². The van der Waals surface area contributed by atoms with Gasteiger partial charge in [-0.15, -0.1) is 0 Å². The molecule has 1 N–H and O–H groups in total. The van der Waals surface area contributed by atoms with Gasteiger partial charge in [0.1, 0.15) is 0 Å². The lowest BCUT2D eigenvalue weighted by Crippen LogP contribution is -2.42. The van der Waals surface area contributed by atoms with Crippen LogP contribution in [0.15, 0.2) is 42.7 Å². The fraction of sp³-hybridized carbons (Fsp3) is 0.500. The van der Waals surface area contributed by atoms with E-state index in [1.807, 2.05) is 30.6 Å². The van der Waals surface area contributed by atoms with Crippen LogP contribution in [0, 0.1) is 5.92 Å². The molecule has 3 heterocycles. The molecule has 0 saturated carbocycles. The smallest absolute Gasteiger partial charge is 0.222 e. The second-order valence-corrected chi connectivity index (χ2v) is 7.46. The van der Waals surface area contributed by atoms with Crippen molar-refractivity contribution in [2.24, 2.45) is 5.92 Å². The number of hydrogen-bond donors (Lipinski definition) is 1. The molecule has 2 bridgehead atoms. The first kappa shape index (κ1) is 17.4. The zero-order valence-electron chi connectivity index (χ0n) is 15.3. The van der Waals surface area contributed by atoms with E-state index in [1.165, 1.54) is 5.56 Å². The van der Waals surface area contributed by atoms with Gasteiger partial charge in [0.05, 0.1) is 13.2 Å². The fourth-order valence-corrected chi connectivity index (χ4v) is 3.90. The fourth-order valence-electron chi connectivity index (χ4n) is 3.90. The molecule has 2 aliphatic rings. The Morgan fingerprint density at radius 3 is 2.65 bits per heavy atom. The van der Waals surface area contributed by atoms with E-state index in [1.54, 1.807) is 0 Å². The maximum Gasteiger partial charge on any atom is 0.222 e. The van der Waals surface area contributed by atoms with Crippen molar-refractivity contribution >= 4 is 5.95 Å². The first-order valence-corrected chi connectivity index (χ1v) is 9.35. The highest BCUT2D eigenvalue weighted by atomic mass is 16.5. The van der Waals surface area contributed by atoms with Crippen LogP contribution in [0.3, 0.4) is 0 Å². The number of rotatable bonds is 5. The van der Waals surface area contributed by atoms with E-state index >= 15 is 0 Å². The van der Waals surface area contributed by atoms with Crippen molar-refractivity contribution in [2.75, 3.05) is 45.2 Å². The summed E-state index contributed by atoms with van der Waals surface area (Å²) in [5.41, 5.74) is 2.38. The molecular formula is C20H27N5O. The molecule has 26 heavy (non-hydrogen) atoms. The summed E-state index contributed by atoms with van der Waals surface area (Å²) in [6.45, 7) is 6.58. The van der Waals surface area contributed by atoms with Crippen LogP contribution in [0.1, 0.15) is 11.1 Å². The van der Waals surface area contributed by atoms with Gasteiger partial charge in [0.15, 0.2) is 0 Å². The predicted octanol–water partition coefficient (Wildman–Crippen LogP) is 1.85. The molecule has 6 nitrogen and oxygen atoms in total. The van der Waals surface area contributed by atoms with Gasteiger partial charge < -0.3 is 15.0 Å². The van der Waals surface area contributed by atoms with E-state index < -0.39 is 0 Å². The molecule has 2 aromatic rings. The van der Waals surface area contributed by atoms with Crippen molar-refractivity contribution in [3.05, 3.63) is 53.9 Å². The lowest BCUT2D eigenvalue weighted by Gasteiger charge is -2.29. The van der Waals surface area contributed by atoms with E-state index in [-0.39, 0.29) is 0 Å². The van der Waals surface area contributed by atoms with Gasteiger partial charge in [-0.2, -0.15) is 0 Å². The number of ether oxygens (including phenoxy) is 1. The number of nitrogens with zero attached hydrogens (tertiary/aromatic N) is 4. The Morgan fingerprint density at radius 2 is 1.85 bits per heavy atom. The van der Waals surface area contributed by atoms with Gasteiger partial charge in [-0.05, 0) is 12.6 Å². The molecule has 1 aromatic carbocycles. The summed E-state index contributed by atoms with van der Waals surface area (Å²) in [6.07, 6.45) is 3.89. The summed E-state index contributed by atoms with van der Waals surface area (Å²) in [7, 11) is 2.21. The second kappa shape index (κ2) is 8.12. The molecule has 2 atom stereocenters. The van der Waals surface area contributed by atoms with E-state index in [2.05, 4.69) is 44.3 Å². The van der Waals surface area contributed by atoms with Crippen LogP contribution in [0.2, 0.25) is 0 Å². The maximum absolute atomic E-state index is 5.86. The normalized spacial score (nSPS) is 24.2. The molecule has 0 aliphatic carbocycles. The molecule has 6 heteroatoms. The third-order valence-electron chi connectivity index (χ3n) is 5.15. The third kappa shape index (κ3) is 4.38. The summed E-state index contributed by atoms with van der Waals surface area (Å²) >= 11 is 0. The van der Waals surface area contributed by atoms with Crippen LogP contribution in [0.4, 0.5) is 5.95 Å². The van der Waals surface area contributed by atoms with Crippen molar-refractivity contribution in [3.8, 4) is 0 Å². The van der Waals surface area contributed by atoms with Crippen LogP contribution in [0.5, 0.6) is 0 Å². The zero-order chi connectivity index (χ0) is 17.8. The van der Waals surface area contributed by atoms with Crippen molar-refractivity contribution in [2.45, 2.75) is 19.1 Å². The van der Waals surface area contributed by atoms with Gasteiger partial charge in [-0.1, -0.05) is 30.3 Å². The number of likely N-dealkylation sites (N-methyl/N-ethyl adjacent to an activating group) is 1. The largest absolute Gasteiger partial charge is 0.379 e. The van der Waals surface area contributed by atoms with Gasteiger partial charge in [-0.25, -0.2) is 9.97 Å². The van der Waals surface area contributed by atoms with Crippen molar-refractivity contribution in [1.82, 2.24) is 19.8 Å². The highest BCUT2D eigenvalue weighted by Gasteiger charge is 2.31. The zero-order valence-corrected chi connectivity index (χ0v) is 15.3. The molecule has 0 amide bonds. The number of aromatic nitrogens is 2. The molecule has 2 aliphatic heterocycles. The molecule has 0 spiro atoms. The number of hydrogen-bond acceptors (Lipinski definition) is 6. The Balaban J connectivity index is 1.36. The SMILES string of the molecule is CN1C[C@@H]2COC[C@H](C1)N(Cc1cnc(NCc3ccccc3)nc1)C2. The van der Waals surface area contributed by atoms with Gasteiger partial charge in [0.25, 0.3) is 0 Å². The summed E-state index contributed by atoms with van der Waals surface area (Å²) in [6, 6.07) is 10.7. The topological polar surface area (TPSA) is 53.5 Å². The Hall–Kier alpha value is -2.02. The molecule has 138 valence electrons. The Kier molecular flexibility index (Phi) is 5.43. The average Bonchev–Trinajstić information content (AvgIpc) is 2.91. The summed E-state index contributed by atoms with van der Waals surface area (Å²) < 4.78 is 5.86. The van der Waals surface area contributed by atoms with Gasteiger partial charge in [0, 0.05) is 62.6 Å². The Morgan fingerprint density at radius 1 is 1.04 bits per heavy atom.